The first-order valence-corrected chi connectivity index (χ1v) is 7.27. The van der Waals surface area contributed by atoms with Gasteiger partial charge in [0.25, 0.3) is 0 Å². The predicted octanol–water partition coefficient (Wildman–Crippen LogP) is 1.65. The van der Waals surface area contributed by atoms with Gasteiger partial charge in [-0.05, 0) is 0 Å². The summed E-state index contributed by atoms with van der Waals surface area (Å²) < 4.78 is 1.87. The fourth-order valence-electron chi connectivity index (χ4n) is 2.53. The van der Waals surface area contributed by atoms with Crippen molar-refractivity contribution in [3.05, 3.63) is 42.7 Å². The van der Waals surface area contributed by atoms with Crippen molar-refractivity contribution >= 4 is 22.9 Å². The number of nitrogen functional groups attached to an aromatic ring is 2. The Morgan fingerprint density at radius 1 is 0.917 bits per heavy atom. The third-order valence-corrected chi connectivity index (χ3v) is 3.66. The molecular weight excluding hydrogens is 304 g/mol. The van der Waals surface area contributed by atoms with E-state index in [9.17, 15) is 0 Å². The monoisotopic (exact) mass is 318 g/mol. The maximum atomic E-state index is 5.95. The average molecular weight is 318 g/mol. The van der Waals surface area contributed by atoms with Gasteiger partial charge in [-0.1, -0.05) is 30.3 Å². The highest BCUT2D eigenvalue weighted by molar-refractivity contribution is 5.88. The molecule has 8 heteroatoms. The number of nitrogens with zero attached hydrogens (tertiary/aromatic N) is 6. The summed E-state index contributed by atoms with van der Waals surface area (Å²) in [5.74, 6) is 0.942. The van der Waals surface area contributed by atoms with Gasteiger partial charge < -0.3 is 16.0 Å². The van der Waals surface area contributed by atoms with Gasteiger partial charge in [-0.15, -0.1) is 0 Å². The van der Waals surface area contributed by atoms with Crippen LogP contribution in [0.25, 0.3) is 33.9 Å². The number of nitrogens with two attached hydrogens (primary N) is 2. The summed E-state index contributed by atoms with van der Waals surface area (Å²) in [5.41, 5.74) is 14.6. The van der Waals surface area contributed by atoms with Gasteiger partial charge in [-0.25, -0.2) is 15.0 Å². The van der Waals surface area contributed by atoms with Gasteiger partial charge >= 0.3 is 0 Å². The fourth-order valence-corrected chi connectivity index (χ4v) is 2.53. The first-order valence-electron chi connectivity index (χ1n) is 7.27. The van der Waals surface area contributed by atoms with Crippen molar-refractivity contribution in [3.8, 4) is 22.8 Å². The van der Waals surface area contributed by atoms with Crippen LogP contribution in [0.1, 0.15) is 0 Å². The molecular formula is C16H14N8. The third-order valence-electron chi connectivity index (χ3n) is 3.66. The Kier molecular flexibility index (Phi) is 3.09. The minimum absolute atomic E-state index is 0.0676. The van der Waals surface area contributed by atoms with Gasteiger partial charge in [-0.2, -0.15) is 9.97 Å². The summed E-state index contributed by atoms with van der Waals surface area (Å²) in [6.45, 7) is 0. The lowest BCUT2D eigenvalue weighted by atomic mass is 10.1. The van der Waals surface area contributed by atoms with Crippen molar-refractivity contribution in [1.82, 2.24) is 29.5 Å². The van der Waals surface area contributed by atoms with Crippen molar-refractivity contribution < 1.29 is 0 Å². The van der Waals surface area contributed by atoms with E-state index in [0.29, 0.717) is 28.4 Å². The lowest BCUT2D eigenvalue weighted by Gasteiger charge is -2.10. The van der Waals surface area contributed by atoms with Crippen LogP contribution in [0, 0.1) is 0 Å². The molecule has 4 N–H and O–H groups in total. The zero-order valence-corrected chi connectivity index (χ0v) is 12.9. The molecule has 3 heterocycles. The van der Waals surface area contributed by atoms with Crippen LogP contribution in [0.15, 0.2) is 42.7 Å². The summed E-state index contributed by atoms with van der Waals surface area (Å²) in [7, 11) is 1.89. The van der Waals surface area contributed by atoms with Crippen molar-refractivity contribution in [1.29, 1.82) is 0 Å². The molecule has 4 aromatic rings. The van der Waals surface area contributed by atoms with E-state index in [1.807, 2.05) is 48.1 Å². The molecule has 0 saturated heterocycles. The first-order chi connectivity index (χ1) is 11.6. The van der Waals surface area contributed by atoms with Gasteiger partial charge in [0.2, 0.25) is 5.95 Å². The Balaban J connectivity index is 2.10. The molecule has 0 aliphatic carbocycles. The van der Waals surface area contributed by atoms with Gasteiger partial charge in [0.05, 0.1) is 0 Å². The average Bonchev–Trinajstić information content (AvgIpc) is 3.00. The fraction of sp³-hybridized carbons (Fsp3) is 0.0625. The number of fused-ring (bicyclic) bond motifs is 1. The van der Waals surface area contributed by atoms with Gasteiger partial charge in [-0.3, -0.25) is 0 Å². The normalized spacial score (nSPS) is 11.0. The zero-order chi connectivity index (χ0) is 16.7. The predicted molar refractivity (Wildman–Crippen MR) is 91.6 cm³/mol. The first kappa shape index (κ1) is 14.1. The van der Waals surface area contributed by atoms with Gasteiger partial charge in [0.1, 0.15) is 11.4 Å². The number of aromatic nitrogens is 6. The van der Waals surface area contributed by atoms with Crippen LogP contribution < -0.4 is 11.5 Å². The van der Waals surface area contributed by atoms with Gasteiger partial charge in [0, 0.05) is 25.0 Å². The SMILES string of the molecule is Cn1ccnc1-c1nc2c(N)nc(N)nc2nc1-c1ccccc1. The molecule has 8 nitrogen and oxygen atoms in total. The molecule has 0 spiro atoms. The standard InChI is InChI=1S/C16H14N8/c1-24-8-7-19-15(24)11-10(9-5-3-2-4-6-9)21-14-12(20-11)13(17)22-16(18)23-14/h2-8H,1H3,(H4,17,18,21,22,23). The zero-order valence-electron chi connectivity index (χ0n) is 12.9. The number of rotatable bonds is 2. The molecule has 0 fully saturated rings. The highest BCUT2D eigenvalue weighted by Gasteiger charge is 2.18. The molecule has 0 unspecified atom stereocenters. The van der Waals surface area contributed by atoms with Gasteiger partial charge in [0.15, 0.2) is 22.8 Å². The number of benzene rings is 1. The quantitative estimate of drug-likeness (QED) is 0.576. The summed E-state index contributed by atoms with van der Waals surface area (Å²) in [6.07, 6.45) is 3.55. The maximum absolute atomic E-state index is 5.95. The second kappa shape index (κ2) is 5.27. The second-order valence-corrected chi connectivity index (χ2v) is 5.29. The van der Waals surface area contributed by atoms with Crippen molar-refractivity contribution in [2.75, 3.05) is 11.5 Å². The molecule has 4 rings (SSSR count). The Morgan fingerprint density at radius 3 is 2.42 bits per heavy atom. The molecule has 118 valence electrons. The summed E-state index contributed by atoms with van der Waals surface area (Å²) in [4.78, 5) is 21.8. The number of aryl methyl sites for hydroxylation is 1. The smallest absolute Gasteiger partial charge is 0.224 e. The minimum atomic E-state index is 0.0676. The molecule has 1 aromatic carbocycles. The lowest BCUT2D eigenvalue weighted by Crippen LogP contribution is -2.06. The maximum Gasteiger partial charge on any atom is 0.224 e. The van der Waals surface area contributed by atoms with E-state index in [0.717, 1.165) is 5.56 Å². The van der Waals surface area contributed by atoms with Crippen molar-refractivity contribution in [3.63, 3.8) is 0 Å². The second-order valence-electron chi connectivity index (χ2n) is 5.29. The number of hydrogen-bond acceptors (Lipinski definition) is 7. The molecule has 0 bridgehead atoms. The highest BCUT2D eigenvalue weighted by atomic mass is 15.1. The van der Waals surface area contributed by atoms with Crippen LogP contribution in [0.3, 0.4) is 0 Å². The van der Waals surface area contributed by atoms with E-state index in [-0.39, 0.29) is 11.8 Å². The number of hydrogen-bond donors (Lipinski definition) is 2. The van der Waals surface area contributed by atoms with E-state index in [1.165, 1.54) is 0 Å². The van der Waals surface area contributed by atoms with E-state index in [2.05, 4.69) is 24.9 Å². The summed E-state index contributed by atoms with van der Waals surface area (Å²) in [5, 5.41) is 0. The molecule has 0 radical (unpaired) electrons. The van der Waals surface area contributed by atoms with Crippen LogP contribution in [-0.4, -0.2) is 29.5 Å². The highest BCUT2D eigenvalue weighted by Crippen LogP contribution is 2.30. The van der Waals surface area contributed by atoms with E-state index >= 15 is 0 Å². The summed E-state index contributed by atoms with van der Waals surface area (Å²) in [6, 6.07) is 9.72. The van der Waals surface area contributed by atoms with E-state index in [1.54, 1.807) is 6.20 Å². The van der Waals surface area contributed by atoms with Crippen LogP contribution in [-0.2, 0) is 7.05 Å². The Labute approximate surface area is 137 Å². The Hall–Kier alpha value is -3.55. The van der Waals surface area contributed by atoms with Crippen LogP contribution in [0.4, 0.5) is 11.8 Å². The molecule has 0 aliphatic rings. The third kappa shape index (κ3) is 2.21. The van der Waals surface area contributed by atoms with Crippen LogP contribution in [0.5, 0.6) is 0 Å². The topological polar surface area (TPSA) is 121 Å². The largest absolute Gasteiger partial charge is 0.382 e. The molecule has 0 aliphatic heterocycles. The molecule has 3 aromatic heterocycles. The molecule has 24 heavy (non-hydrogen) atoms. The molecule has 0 amide bonds. The number of imidazole rings is 1. The number of anilines is 2. The molecule has 0 saturated carbocycles. The van der Waals surface area contributed by atoms with Crippen molar-refractivity contribution in [2.45, 2.75) is 0 Å². The van der Waals surface area contributed by atoms with E-state index < -0.39 is 0 Å². The van der Waals surface area contributed by atoms with Crippen LogP contribution >= 0.6 is 0 Å². The minimum Gasteiger partial charge on any atom is -0.382 e. The Bertz CT molecular complexity index is 1040. The Morgan fingerprint density at radius 2 is 1.71 bits per heavy atom. The van der Waals surface area contributed by atoms with E-state index in [4.69, 9.17) is 11.5 Å². The molecule has 0 atom stereocenters. The van der Waals surface area contributed by atoms with Crippen molar-refractivity contribution in [2.24, 2.45) is 7.05 Å². The lowest BCUT2D eigenvalue weighted by molar-refractivity contribution is 0.917. The summed E-state index contributed by atoms with van der Waals surface area (Å²) >= 11 is 0. The van der Waals surface area contributed by atoms with Crippen LogP contribution in [0.2, 0.25) is 0 Å².